The second-order valence-electron chi connectivity index (χ2n) is 3.72. The normalized spacial score (nSPS) is 15.5. The van der Waals surface area contributed by atoms with Crippen LogP contribution in [-0.2, 0) is 0 Å². The van der Waals surface area contributed by atoms with Crippen molar-refractivity contribution >= 4 is 11.7 Å². The van der Waals surface area contributed by atoms with Crippen LogP contribution in [0.5, 0.6) is 5.75 Å². The Balaban J connectivity index is 1.95. The fourth-order valence-corrected chi connectivity index (χ4v) is 1.52. The fourth-order valence-electron chi connectivity index (χ4n) is 1.52. The summed E-state index contributed by atoms with van der Waals surface area (Å²) in [6.45, 7) is 0.797. The maximum Gasteiger partial charge on any atom is 0.322 e. The number of aliphatic hydroxyl groups excluding tert-OH is 1. The molecule has 1 aliphatic rings. The van der Waals surface area contributed by atoms with Gasteiger partial charge in [-0.2, -0.15) is 0 Å². The van der Waals surface area contributed by atoms with Crippen molar-refractivity contribution in [3.8, 4) is 5.75 Å². The first kappa shape index (κ1) is 10.8. The highest BCUT2D eigenvalue weighted by Gasteiger charge is 2.28. The standard InChI is InChI=1S/C11H14N2O3/c1-16-10-4-2-3-8(5-10)12-11(15)13-6-9(14)7-13/h2-5,9,14H,6-7H2,1H3,(H,12,15). The van der Waals surface area contributed by atoms with Crippen molar-refractivity contribution in [1.29, 1.82) is 0 Å². The minimum absolute atomic E-state index is 0.196. The second-order valence-corrected chi connectivity index (χ2v) is 3.72. The Morgan fingerprint density at radius 2 is 2.31 bits per heavy atom. The molecule has 1 heterocycles. The number of carbonyl (C=O) groups excluding carboxylic acids is 1. The molecule has 0 unspecified atom stereocenters. The Morgan fingerprint density at radius 1 is 1.56 bits per heavy atom. The highest BCUT2D eigenvalue weighted by Crippen LogP contribution is 2.18. The summed E-state index contributed by atoms with van der Waals surface area (Å²) in [5.41, 5.74) is 0.686. The van der Waals surface area contributed by atoms with Crippen LogP contribution in [-0.4, -0.2) is 42.3 Å². The summed E-state index contributed by atoms with van der Waals surface area (Å²) >= 11 is 0. The van der Waals surface area contributed by atoms with E-state index in [-0.39, 0.29) is 12.1 Å². The van der Waals surface area contributed by atoms with E-state index in [1.165, 1.54) is 0 Å². The van der Waals surface area contributed by atoms with Crippen molar-refractivity contribution in [1.82, 2.24) is 4.90 Å². The van der Waals surface area contributed by atoms with E-state index in [0.29, 0.717) is 24.5 Å². The zero-order valence-electron chi connectivity index (χ0n) is 9.01. The molecule has 0 aliphatic carbocycles. The first-order valence-corrected chi connectivity index (χ1v) is 5.07. The van der Waals surface area contributed by atoms with Crippen molar-refractivity contribution in [2.24, 2.45) is 0 Å². The summed E-state index contributed by atoms with van der Waals surface area (Å²) < 4.78 is 5.05. The molecule has 1 fully saturated rings. The highest BCUT2D eigenvalue weighted by molar-refractivity contribution is 5.90. The first-order chi connectivity index (χ1) is 7.69. The molecule has 2 amide bonds. The van der Waals surface area contributed by atoms with Gasteiger partial charge in [0.25, 0.3) is 0 Å². The molecular weight excluding hydrogens is 208 g/mol. The van der Waals surface area contributed by atoms with Crippen LogP contribution < -0.4 is 10.1 Å². The number of aliphatic hydroxyl groups is 1. The molecule has 0 aromatic heterocycles. The average Bonchev–Trinajstić information content (AvgIpc) is 2.25. The van der Waals surface area contributed by atoms with Crippen LogP contribution in [0.15, 0.2) is 24.3 Å². The Bertz CT molecular complexity index is 389. The molecule has 86 valence electrons. The lowest BCUT2D eigenvalue weighted by Crippen LogP contribution is -2.54. The number of likely N-dealkylation sites (tertiary alicyclic amines) is 1. The van der Waals surface area contributed by atoms with Crippen molar-refractivity contribution < 1.29 is 14.6 Å². The van der Waals surface area contributed by atoms with Gasteiger partial charge in [-0.25, -0.2) is 4.79 Å². The number of hydrogen-bond donors (Lipinski definition) is 2. The van der Waals surface area contributed by atoms with E-state index in [1.807, 2.05) is 6.07 Å². The van der Waals surface area contributed by atoms with Gasteiger partial charge >= 0.3 is 6.03 Å². The number of rotatable bonds is 2. The van der Waals surface area contributed by atoms with Gasteiger partial charge in [0.15, 0.2) is 0 Å². The molecule has 5 nitrogen and oxygen atoms in total. The third-order valence-electron chi connectivity index (χ3n) is 2.47. The molecule has 0 radical (unpaired) electrons. The number of urea groups is 1. The van der Waals surface area contributed by atoms with E-state index in [1.54, 1.807) is 30.2 Å². The van der Waals surface area contributed by atoms with Crippen LogP contribution in [0, 0.1) is 0 Å². The van der Waals surface area contributed by atoms with Crippen LogP contribution in [0.4, 0.5) is 10.5 Å². The minimum atomic E-state index is -0.379. The molecular formula is C11H14N2O3. The lowest BCUT2D eigenvalue weighted by Gasteiger charge is -2.35. The van der Waals surface area contributed by atoms with E-state index in [0.717, 1.165) is 0 Å². The highest BCUT2D eigenvalue weighted by atomic mass is 16.5. The molecule has 1 aromatic carbocycles. The van der Waals surface area contributed by atoms with Crippen molar-refractivity contribution in [2.45, 2.75) is 6.10 Å². The van der Waals surface area contributed by atoms with Crippen LogP contribution in [0.25, 0.3) is 0 Å². The first-order valence-electron chi connectivity index (χ1n) is 5.07. The lowest BCUT2D eigenvalue weighted by atomic mass is 10.2. The second kappa shape index (κ2) is 4.40. The van der Waals surface area contributed by atoms with E-state index in [4.69, 9.17) is 9.84 Å². The van der Waals surface area contributed by atoms with E-state index >= 15 is 0 Å². The van der Waals surface area contributed by atoms with Gasteiger partial charge in [-0.05, 0) is 12.1 Å². The van der Waals surface area contributed by atoms with Crippen LogP contribution in [0.3, 0.4) is 0 Å². The SMILES string of the molecule is COc1cccc(NC(=O)N2CC(O)C2)c1. The number of ether oxygens (including phenoxy) is 1. The van der Waals surface area contributed by atoms with Gasteiger partial charge in [-0.1, -0.05) is 6.07 Å². The smallest absolute Gasteiger partial charge is 0.322 e. The van der Waals surface area contributed by atoms with E-state index < -0.39 is 0 Å². The van der Waals surface area contributed by atoms with Crippen LogP contribution in [0.1, 0.15) is 0 Å². The zero-order valence-corrected chi connectivity index (χ0v) is 9.01. The number of hydrogen-bond acceptors (Lipinski definition) is 3. The molecule has 1 aromatic rings. The molecule has 2 N–H and O–H groups in total. The number of anilines is 1. The predicted octanol–water partition coefficient (Wildman–Crippen LogP) is 0.904. The number of benzene rings is 1. The van der Waals surface area contributed by atoms with Crippen LogP contribution >= 0.6 is 0 Å². The Morgan fingerprint density at radius 3 is 2.94 bits per heavy atom. The molecule has 16 heavy (non-hydrogen) atoms. The molecule has 0 saturated carbocycles. The van der Waals surface area contributed by atoms with E-state index in [2.05, 4.69) is 5.32 Å². The molecule has 1 aliphatic heterocycles. The minimum Gasteiger partial charge on any atom is -0.497 e. The number of β-amino-alcohol motifs (C(OH)–C–C–N with tert-alkyl or cyclic N) is 1. The summed E-state index contributed by atoms with van der Waals surface area (Å²) in [4.78, 5) is 13.1. The average molecular weight is 222 g/mol. The van der Waals surface area contributed by atoms with Crippen LogP contribution in [0.2, 0.25) is 0 Å². The number of amides is 2. The third-order valence-corrected chi connectivity index (χ3v) is 2.47. The summed E-state index contributed by atoms with van der Waals surface area (Å²) in [5.74, 6) is 0.696. The Labute approximate surface area is 93.6 Å². The van der Waals surface area contributed by atoms with Gasteiger partial charge < -0.3 is 20.1 Å². The van der Waals surface area contributed by atoms with Gasteiger partial charge in [-0.15, -0.1) is 0 Å². The summed E-state index contributed by atoms with van der Waals surface area (Å²) in [7, 11) is 1.58. The van der Waals surface area contributed by atoms with Crippen molar-refractivity contribution in [3.05, 3.63) is 24.3 Å². The molecule has 2 rings (SSSR count). The van der Waals surface area contributed by atoms with Gasteiger partial charge in [0, 0.05) is 11.8 Å². The quantitative estimate of drug-likeness (QED) is 0.781. The molecule has 1 saturated heterocycles. The molecule has 0 bridgehead atoms. The number of carbonyl (C=O) groups is 1. The van der Waals surface area contributed by atoms with Crippen molar-refractivity contribution in [3.63, 3.8) is 0 Å². The summed E-state index contributed by atoms with van der Waals surface area (Å²) in [6, 6.07) is 6.95. The number of nitrogens with one attached hydrogen (secondary N) is 1. The Hall–Kier alpha value is -1.75. The topological polar surface area (TPSA) is 61.8 Å². The van der Waals surface area contributed by atoms with Gasteiger partial charge in [-0.3, -0.25) is 0 Å². The largest absolute Gasteiger partial charge is 0.497 e. The predicted molar refractivity (Wildman–Crippen MR) is 59.6 cm³/mol. The molecule has 5 heteroatoms. The maximum atomic E-state index is 11.6. The monoisotopic (exact) mass is 222 g/mol. The zero-order chi connectivity index (χ0) is 11.5. The van der Waals surface area contributed by atoms with Gasteiger partial charge in [0.2, 0.25) is 0 Å². The van der Waals surface area contributed by atoms with Gasteiger partial charge in [0.1, 0.15) is 5.75 Å². The number of nitrogens with zero attached hydrogens (tertiary/aromatic N) is 1. The number of methoxy groups -OCH3 is 1. The molecule has 0 atom stereocenters. The fraction of sp³-hybridized carbons (Fsp3) is 0.364. The third kappa shape index (κ3) is 2.25. The maximum absolute atomic E-state index is 11.6. The molecule has 0 spiro atoms. The van der Waals surface area contributed by atoms with E-state index in [9.17, 15) is 4.79 Å². The Kier molecular flexibility index (Phi) is 2.96. The summed E-state index contributed by atoms with van der Waals surface area (Å²) in [6.07, 6.45) is -0.379. The lowest BCUT2D eigenvalue weighted by molar-refractivity contribution is 0.0309. The summed E-state index contributed by atoms with van der Waals surface area (Å²) in [5, 5.41) is 11.8. The van der Waals surface area contributed by atoms with Gasteiger partial charge in [0.05, 0.1) is 26.3 Å². The van der Waals surface area contributed by atoms with Crippen molar-refractivity contribution in [2.75, 3.05) is 25.5 Å².